The smallest absolute Gasteiger partial charge is 0.229 e. The molecule has 0 aliphatic rings. The Bertz CT molecular complexity index is 902. The zero-order valence-corrected chi connectivity index (χ0v) is 13.5. The average molecular weight is 356 g/mol. The number of benzene rings is 2. The lowest BCUT2D eigenvalue weighted by Crippen LogP contribution is -2.26. The van der Waals surface area contributed by atoms with Crippen molar-refractivity contribution in [2.45, 2.75) is 0 Å². The molecule has 6 heteroatoms. The molecule has 0 aliphatic carbocycles. The number of nitrogens with one attached hydrogen (secondary N) is 2. The molecule has 0 saturated heterocycles. The fourth-order valence-corrected chi connectivity index (χ4v) is 2.94. The van der Waals surface area contributed by atoms with Crippen LogP contribution >= 0.6 is 15.9 Å². The minimum Gasteiger partial charge on any atom is -0.329 e. The van der Waals surface area contributed by atoms with Gasteiger partial charge >= 0.3 is 0 Å². The average Bonchev–Trinajstić information content (AvgIpc) is 2.54. The summed E-state index contributed by atoms with van der Waals surface area (Å²) in [5, 5.41) is 16.5. The van der Waals surface area contributed by atoms with Gasteiger partial charge in [-0.2, -0.15) is 4.98 Å². The number of para-hydroxylation sites is 1. The molecular formula is C16H14BrN5. The van der Waals surface area contributed by atoms with Gasteiger partial charge in [0.05, 0.1) is 17.2 Å². The van der Waals surface area contributed by atoms with Crippen molar-refractivity contribution in [2.24, 2.45) is 0 Å². The van der Waals surface area contributed by atoms with Crippen molar-refractivity contribution in [1.29, 1.82) is 10.8 Å². The van der Waals surface area contributed by atoms with Crippen LogP contribution in [0.3, 0.4) is 0 Å². The highest BCUT2D eigenvalue weighted by molar-refractivity contribution is 9.10. The van der Waals surface area contributed by atoms with Crippen molar-refractivity contribution in [3.05, 3.63) is 58.6 Å². The van der Waals surface area contributed by atoms with Crippen LogP contribution in [0.1, 0.15) is 0 Å². The minimum absolute atomic E-state index is 0.0263. The Balaban J connectivity index is 2.35. The molecule has 110 valence electrons. The third-order valence-electron chi connectivity index (χ3n) is 3.51. The van der Waals surface area contributed by atoms with Crippen LogP contribution in [0, 0.1) is 10.8 Å². The molecule has 22 heavy (non-hydrogen) atoms. The number of aromatic nitrogens is 2. The summed E-state index contributed by atoms with van der Waals surface area (Å²) in [4.78, 5) is 6.33. The number of halogens is 1. The SMILES string of the molecule is CN(c1ccccc1)c1nc(=N)n(C=N)c2cccc(Br)c12. The first-order chi connectivity index (χ1) is 10.6. The number of hydrogen-bond acceptors (Lipinski definition) is 4. The highest BCUT2D eigenvalue weighted by Gasteiger charge is 2.15. The van der Waals surface area contributed by atoms with E-state index < -0.39 is 0 Å². The van der Waals surface area contributed by atoms with Crippen LogP contribution in [0.4, 0.5) is 11.5 Å². The second-order valence-electron chi connectivity index (χ2n) is 4.79. The zero-order valence-electron chi connectivity index (χ0n) is 11.9. The third kappa shape index (κ3) is 2.31. The molecule has 0 aliphatic heterocycles. The Kier molecular flexibility index (Phi) is 3.77. The maximum atomic E-state index is 8.08. The monoisotopic (exact) mass is 355 g/mol. The first-order valence-corrected chi connectivity index (χ1v) is 7.47. The van der Waals surface area contributed by atoms with Crippen LogP contribution < -0.4 is 10.5 Å². The molecular weight excluding hydrogens is 342 g/mol. The first kappa shape index (κ1) is 14.5. The van der Waals surface area contributed by atoms with Gasteiger partial charge in [0.15, 0.2) is 0 Å². The van der Waals surface area contributed by atoms with Crippen molar-refractivity contribution < 1.29 is 0 Å². The highest BCUT2D eigenvalue weighted by Crippen LogP contribution is 2.32. The van der Waals surface area contributed by atoms with Gasteiger partial charge in [-0.25, -0.2) is 0 Å². The van der Waals surface area contributed by atoms with Crippen molar-refractivity contribution in [2.75, 3.05) is 11.9 Å². The second kappa shape index (κ2) is 5.73. The molecule has 3 aromatic rings. The number of fused-ring (bicyclic) bond motifs is 1. The molecule has 0 amide bonds. The van der Waals surface area contributed by atoms with E-state index in [4.69, 9.17) is 10.8 Å². The van der Waals surface area contributed by atoms with E-state index in [-0.39, 0.29) is 5.62 Å². The van der Waals surface area contributed by atoms with Crippen molar-refractivity contribution in [3.63, 3.8) is 0 Å². The molecule has 5 nitrogen and oxygen atoms in total. The van der Waals surface area contributed by atoms with E-state index in [0.717, 1.165) is 27.4 Å². The summed E-state index contributed by atoms with van der Waals surface area (Å²) >= 11 is 3.56. The molecule has 2 N–H and O–H groups in total. The van der Waals surface area contributed by atoms with Crippen molar-refractivity contribution >= 4 is 44.7 Å². The Morgan fingerprint density at radius 3 is 2.55 bits per heavy atom. The molecule has 2 aromatic carbocycles. The van der Waals surface area contributed by atoms with E-state index in [0.29, 0.717) is 5.82 Å². The predicted molar refractivity (Wildman–Crippen MR) is 92.0 cm³/mol. The predicted octanol–water partition coefficient (Wildman–Crippen LogP) is 3.50. The van der Waals surface area contributed by atoms with Gasteiger partial charge in [-0.05, 0) is 40.2 Å². The van der Waals surface area contributed by atoms with Gasteiger partial charge in [-0.3, -0.25) is 15.4 Å². The van der Waals surface area contributed by atoms with E-state index in [9.17, 15) is 0 Å². The summed E-state index contributed by atoms with van der Waals surface area (Å²) in [5.41, 5.74) is 1.78. The van der Waals surface area contributed by atoms with Gasteiger partial charge in [0.1, 0.15) is 5.82 Å². The zero-order chi connectivity index (χ0) is 15.7. The summed E-state index contributed by atoms with van der Waals surface area (Å²) < 4.78 is 2.33. The Hall–Kier alpha value is -2.47. The number of anilines is 2. The quantitative estimate of drug-likeness (QED) is 0.557. The summed E-state index contributed by atoms with van der Waals surface area (Å²) in [6.45, 7) is 0. The summed E-state index contributed by atoms with van der Waals surface area (Å²) in [5.74, 6) is 0.678. The molecule has 0 saturated carbocycles. The Morgan fingerprint density at radius 2 is 1.86 bits per heavy atom. The normalized spacial score (nSPS) is 10.6. The molecule has 1 aromatic heterocycles. The summed E-state index contributed by atoms with van der Waals surface area (Å²) in [7, 11) is 1.92. The van der Waals surface area contributed by atoms with Gasteiger partial charge in [-0.15, -0.1) is 0 Å². The fourth-order valence-electron chi connectivity index (χ4n) is 2.41. The Morgan fingerprint density at radius 1 is 1.14 bits per heavy atom. The van der Waals surface area contributed by atoms with E-state index in [1.54, 1.807) is 0 Å². The van der Waals surface area contributed by atoms with Crippen LogP contribution in [-0.2, 0) is 0 Å². The van der Waals surface area contributed by atoms with E-state index in [1.165, 1.54) is 4.57 Å². The summed E-state index contributed by atoms with van der Waals surface area (Å²) in [6, 6.07) is 15.6. The van der Waals surface area contributed by atoms with Crippen molar-refractivity contribution in [3.8, 4) is 0 Å². The van der Waals surface area contributed by atoms with Gasteiger partial charge in [0.25, 0.3) is 0 Å². The van der Waals surface area contributed by atoms with E-state index in [2.05, 4.69) is 20.9 Å². The fraction of sp³-hybridized carbons (Fsp3) is 0.0625. The molecule has 0 radical (unpaired) electrons. The lowest BCUT2D eigenvalue weighted by molar-refractivity contribution is 0.914. The van der Waals surface area contributed by atoms with Crippen LogP contribution in [0.5, 0.6) is 0 Å². The van der Waals surface area contributed by atoms with Gasteiger partial charge < -0.3 is 4.90 Å². The van der Waals surface area contributed by atoms with E-state index in [1.807, 2.05) is 60.5 Å². The highest BCUT2D eigenvalue weighted by atomic mass is 79.9. The molecule has 3 rings (SSSR count). The molecule has 0 atom stereocenters. The van der Waals surface area contributed by atoms with Crippen LogP contribution in [0.25, 0.3) is 10.9 Å². The summed E-state index contributed by atoms with van der Waals surface area (Å²) in [6.07, 6.45) is 1.11. The lowest BCUT2D eigenvalue weighted by Gasteiger charge is -2.21. The topological polar surface area (TPSA) is 68.8 Å². The second-order valence-corrected chi connectivity index (χ2v) is 5.64. The maximum Gasteiger partial charge on any atom is 0.229 e. The maximum absolute atomic E-state index is 8.08. The van der Waals surface area contributed by atoms with Crippen LogP contribution in [0.2, 0.25) is 0 Å². The molecule has 0 unspecified atom stereocenters. The number of hydrogen-bond donors (Lipinski definition) is 2. The standard InChI is InChI=1S/C16H14BrN5/c1-21(11-6-3-2-4-7-11)15-14-12(17)8-5-9-13(14)22(10-18)16(19)20-15/h2-10,18-19H,1H3. The number of nitrogens with zero attached hydrogens (tertiary/aromatic N) is 3. The van der Waals surface area contributed by atoms with Crippen LogP contribution in [0.15, 0.2) is 53.0 Å². The lowest BCUT2D eigenvalue weighted by atomic mass is 10.2. The first-order valence-electron chi connectivity index (χ1n) is 6.68. The van der Waals surface area contributed by atoms with Crippen molar-refractivity contribution in [1.82, 2.24) is 9.55 Å². The van der Waals surface area contributed by atoms with Crippen LogP contribution in [-0.4, -0.2) is 22.9 Å². The minimum atomic E-state index is 0.0263. The largest absolute Gasteiger partial charge is 0.329 e. The van der Waals surface area contributed by atoms with E-state index >= 15 is 0 Å². The Labute approximate surface area is 136 Å². The molecule has 0 bridgehead atoms. The number of rotatable bonds is 3. The van der Waals surface area contributed by atoms with Gasteiger partial charge in [-0.1, -0.05) is 24.3 Å². The molecule has 0 fully saturated rings. The van der Waals surface area contributed by atoms with Gasteiger partial charge in [0.2, 0.25) is 5.62 Å². The molecule has 0 spiro atoms. The van der Waals surface area contributed by atoms with Gasteiger partial charge in [0, 0.05) is 17.2 Å². The third-order valence-corrected chi connectivity index (χ3v) is 4.17. The molecule has 1 heterocycles.